The fraction of sp³-hybridized carbons (Fsp3) is 0.545. The Labute approximate surface area is 111 Å². The maximum Gasteiger partial charge on any atom is 0.343 e. The van der Waals surface area contributed by atoms with Crippen molar-refractivity contribution in [2.75, 3.05) is 23.9 Å². The number of methoxy groups -OCH3 is 1. The third-order valence-corrected chi connectivity index (χ3v) is 4.74. The molecule has 104 valence electrons. The molecule has 1 N–H and O–H groups in total. The lowest BCUT2D eigenvalue weighted by Crippen LogP contribution is -2.35. The van der Waals surface area contributed by atoms with Crippen LogP contribution in [0, 0.1) is 0 Å². The number of rotatable bonds is 3. The fourth-order valence-electron chi connectivity index (χ4n) is 2.03. The third kappa shape index (κ3) is 3.40. The van der Waals surface area contributed by atoms with Gasteiger partial charge in [0.2, 0.25) is 0 Å². The summed E-state index contributed by atoms with van der Waals surface area (Å²) in [5, 5.41) is 2.99. The van der Waals surface area contributed by atoms with Gasteiger partial charge in [-0.05, 0) is 12.8 Å². The van der Waals surface area contributed by atoms with E-state index >= 15 is 0 Å². The maximum atomic E-state index is 11.6. The van der Waals surface area contributed by atoms with Crippen LogP contribution >= 0.6 is 0 Å². The first kappa shape index (κ1) is 13.7. The van der Waals surface area contributed by atoms with Crippen LogP contribution in [0.1, 0.15) is 23.2 Å². The number of carbonyl (C=O) groups excluding carboxylic acids is 1. The van der Waals surface area contributed by atoms with Crippen LogP contribution < -0.4 is 5.32 Å². The summed E-state index contributed by atoms with van der Waals surface area (Å²) in [7, 11) is -1.74. The molecule has 0 aromatic carbocycles. The lowest BCUT2D eigenvalue weighted by atomic mass is 10.2. The number of esters is 1. The second-order valence-electron chi connectivity index (χ2n) is 4.37. The van der Waals surface area contributed by atoms with Crippen LogP contribution in [0.2, 0.25) is 0 Å². The summed E-state index contributed by atoms with van der Waals surface area (Å²) in [6.07, 6.45) is 3.98. The molecule has 1 aromatic heterocycles. The first-order valence-electron chi connectivity index (χ1n) is 5.87. The molecule has 0 saturated carbocycles. The predicted octanol–water partition coefficient (Wildman–Crippen LogP) is 0.252. The number of sulfone groups is 1. The standard InChI is InChI=1S/C11H15N3O4S/c1-18-11(15)9-5-12-7-13-10(9)14-8-3-2-4-19(16,17)6-8/h5,7-8H,2-4,6H2,1H3,(H,12,13,14). The minimum atomic E-state index is -3.01. The van der Waals surface area contributed by atoms with E-state index in [1.807, 2.05) is 0 Å². The second kappa shape index (κ2) is 5.52. The first-order chi connectivity index (χ1) is 9.02. The summed E-state index contributed by atoms with van der Waals surface area (Å²) in [5.41, 5.74) is 0.202. The molecule has 7 nitrogen and oxygen atoms in total. The molecule has 1 unspecified atom stereocenters. The molecular formula is C11H15N3O4S. The minimum Gasteiger partial charge on any atom is -0.465 e. The zero-order chi connectivity index (χ0) is 13.9. The Kier molecular flexibility index (Phi) is 3.98. The van der Waals surface area contributed by atoms with Gasteiger partial charge in [-0.15, -0.1) is 0 Å². The number of aromatic nitrogens is 2. The van der Waals surface area contributed by atoms with Crippen LogP contribution in [0.15, 0.2) is 12.5 Å². The van der Waals surface area contributed by atoms with E-state index in [-0.39, 0.29) is 23.1 Å². The van der Waals surface area contributed by atoms with E-state index in [9.17, 15) is 13.2 Å². The van der Waals surface area contributed by atoms with Gasteiger partial charge in [-0.1, -0.05) is 0 Å². The predicted molar refractivity (Wildman–Crippen MR) is 68.7 cm³/mol. The zero-order valence-corrected chi connectivity index (χ0v) is 11.3. The molecule has 0 amide bonds. The van der Waals surface area contributed by atoms with Crippen molar-refractivity contribution in [2.24, 2.45) is 0 Å². The van der Waals surface area contributed by atoms with Crippen molar-refractivity contribution in [3.8, 4) is 0 Å². The monoisotopic (exact) mass is 285 g/mol. The van der Waals surface area contributed by atoms with Gasteiger partial charge in [0, 0.05) is 12.2 Å². The Morgan fingerprint density at radius 3 is 3.00 bits per heavy atom. The number of hydrogen-bond acceptors (Lipinski definition) is 7. The van der Waals surface area contributed by atoms with Crippen molar-refractivity contribution in [1.29, 1.82) is 0 Å². The van der Waals surface area contributed by atoms with Gasteiger partial charge >= 0.3 is 5.97 Å². The Bertz CT molecular complexity index is 573. The maximum absolute atomic E-state index is 11.6. The van der Waals surface area contributed by atoms with Crippen molar-refractivity contribution >= 4 is 21.6 Å². The van der Waals surface area contributed by atoms with Crippen molar-refractivity contribution in [3.05, 3.63) is 18.1 Å². The van der Waals surface area contributed by atoms with E-state index in [0.717, 1.165) is 6.42 Å². The van der Waals surface area contributed by atoms with Crippen molar-refractivity contribution < 1.29 is 17.9 Å². The summed E-state index contributed by atoms with van der Waals surface area (Å²) in [5.74, 6) is 0.0295. The van der Waals surface area contributed by atoms with Gasteiger partial charge in [-0.3, -0.25) is 0 Å². The molecule has 2 rings (SSSR count). The summed E-state index contributed by atoms with van der Waals surface area (Å²) in [4.78, 5) is 19.3. The largest absolute Gasteiger partial charge is 0.465 e. The van der Waals surface area contributed by atoms with Crippen molar-refractivity contribution in [3.63, 3.8) is 0 Å². The van der Waals surface area contributed by atoms with Gasteiger partial charge in [0.25, 0.3) is 0 Å². The molecule has 1 aliphatic heterocycles. The van der Waals surface area contributed by atoms with Crippen molar-refractivity contribution in [1.82, 2.24) is 9.97 Å². The van der Waals surface area contributed by atoms with Gasteiger partial charge in [0.15, 0.2) is 9.84 Å². The highest BCUT2D eigenvalue weighted by Crippen LogP contribution is 2.18. The highest BCUT2D eigenvalue weighted by atomic mass is 32.2. The Morgan fingerprint density at radius 1 is 1.53 bits per heavy atom. The van der Waals surface area contributed by atoms with Crippen LogP contribution in [0.25, 0.3) is 0 Å². The van der Waals surface area contributed by atoms with E-state index in [2.05, 4.69) is 20.0 Å². The van der Waals surface area contributed by atoms with E-state index < -0.39 is 15.8 Å². The molecule has 1 aliphatic rings. The molecule has 0 spiro atoms. The number of ether oxygens (including phenoxy) is 1. The lowest BCUT2D eigenvalue weighted by Gasteiger charge is -2.24. The Morgan fingerprint density at radius 2 is 2.32 bits per heavy atom. The van der Waals surface area contributed by atoms with Gasteiger partial charge < -0.3 is 10.1 Å². The quantitative estimate of drug-likeness (QED) is 0.795. The van der Waals surface area contributed by atoms with Crippen LogP contribution in [0.3, 0.4) is 0 Å². The average molecular weight is 285 g/mol. The number of nitrogens with one attached hydrogen (secondary N) is 1. The molecule has 1 fully saturated rings. The molecule has 8 heteroatoms. The van der Waals surface area contributed by atoms with E-state index in [1.54, 1.807) is 0 Å². The summed E-state index contributed by atoms with van der Waals surface area (Å²) >= 11 is 0. The molecule has 0 radical (unpaired) electrons. The van der Waals surface area contributed by atoms with Crippen LogP contribution in [-0.4, -0.2) is 49.0 Å². The first-order valence-corrected chi connectivity index (χ1v) is 7.69. The topological polar surface area (TPSA) is 98.2 Å². The SMILES string of the molecule is COC(=O)c1cncnc1NC1CCCS(=O)(=O)C1. The number of hydrogen-bond donors (Lipinski definition) is 1. The number of anilines is 1. The minimum absolute atomic E-state index is 0.0532. The highest BCUT2D eigenvalue weighted by molar-refractivity contribution is 7.91. The molecule has 19 heavy (non-hydrogen) atoms. The highest BCUT2D eigenvalue weighted by Gasteiger charge is 2.26. The van der Waals surface area contributed by atoms with Crippen LogP contribution in [-0.2, 0) is 14.6 Å². The zero-order valence-electron chi connectivity index (χ0n) is 10.5. The molecule has 1 aromatic rings. The van der Waals surface area contributed by atoms with Gasteiger partial charge in [0.1, 0.15) is 17.7 Å². The summed E-state index contributed by atoms with van der Waals surface area (Å²) in [6.45, 7) is 0. The Hall–Kier alpha value is -1.70. The second-order valence-corrected chi connectivity index (χ2v) is 6.60. The van der Waals surface area contributed by atoms with E-state index in [1.165, 1.54) is 19.6 Å². The van der Waals surface area contributed by atoms with Crippen LogP contribution in [0.5, 0.6) is 0 Å². The van der Waals surface area contributed by atoms with E-state index in [0.29, 0.717) is 12.2 Å². The summed E-state index contributed by atoms with van der Waals surface area (Å²) < 4.78 is 27.8. The van der Waals surface area contributed by atoms with Gasteiger partial charge in [-0.2, -0.15) is 0 Å². The Balaban J connectivity index is 2.17. The molecule has 1 atom stereocenters. The molecule has 1 saturated heterocycles. The summed E-state index contributed by atoms with van der Waals surface area (Å²) in [6, 6.07) is -0.239. The average Bonchev–Trinajstić information content (AvgIpc) is 2.37. The number of nitrogens with zero attached hydrogens (tertiary/aromatic N) is 2. The van der Waals surface area contributed by atoms with Crippen LogP contribution in [0.4, 0.5) is 5.82 Å². The normalized spacial score (nSPS) is 21.6. The van der Waals surface area contributed by atoms with Gasteiger partial charge in [-0.25, -0.2) is 23.2 Å². The third-order valence-electron chi connectivity index (χ3n) is 2.92. The molecule has 0 bridgehead atoms. The molecule has 2 heterocycles. The smallest absolute Gasteiger partial charge is 0.343 e. The van der Waals surface area contributed by atoms with Gasteiger partial charge in [0.05, 0.1) is 18.6 Å². The molecular weight excluding hydrogens is 270 g/mol. The lowest BCUT2D eigenvalue weighted by molar-refractivity contribution is 0.0601. The number of carbonyl (C=O) groups is 1. The van der Waals surface area contributed by atoms with E-state index in [4.69, 9.17) is 0 Å². The van der Waals surface area contributed by atoms with Crippen molar-refractivity contribution in [2.45, 2.75) is 18.9 Å². The molecule has 0 aliphatic carbocycles. The fourth-order valence-corrected chi connectivity index (χ4v) is 3.67.